The maximum Gasteiger partial charge on any atom is 0.471 e. The van der Waals surface area contributed by atoms with E-state index in [0.29, 0.717) is 30.8 Å². The number of aliphatic hydroxyl groups is 1. The lowest BCUT2D eigenvalue weighted by molar-refractivity contribution is -0.252. The number of carbonyl (C=O) groups excluding carboxylic acids is 2. The molecule has 0 saturated carbocycles. The van der Waals surface area contributed by atoms with E-state index in [4.69, 9.17) is 9.47 Å². The summed E-state index contributed by atoms with van der Waals surface area (Å²) in [5.74, 6) is -2.59. The minimum Gasteiger partial charge on any atom is -0.392 e. The highest BCUT2D eigenvalue weighted by Crippen LogP contribution is 2.38. The van der Waals surface area contributed by atoms with Crippen LogP contribution in [0.1, 0.15) is 53.9 Å². The van der Waals surface area contributed by atoms with E-state index in [1.807, 2.05) is 49.5 Å². The van der Waals surface area contributed by atoms with Crippen molar-refractivity contribution in [3.05, 3.63) is 83.4 Å². The van der Waals surface area contributed by atoms with Gasteiger partial charge < -0.3 is 29.7 Å². The molecule has 2 amide bonds. The fourth-order valence-electron chi connectivity index (χ4n) is 5.22. The predicted octanol–water partition coefficient (Wildman–Crippen LogP) is 4.01. The number of hydrogen-bond acceptors (Lipinski definition) is 6. The average molecular weight is 576 g/mol. The van der Waals surface area contributed by atoms with Crippen molar-refractivity contribution in [1.29, 1.82) is 0 Å². The van der Waals surface area contributed by atoms with Crippen molar-refractivity contribution in [1.82, 2.24) is 15.1 Å². The Morgan fingerprint density at radius 2 is 1.76 bits per heavy atom. The molecule has 0 aromatic heterocycles. The maximum absolute atomic E-state index is 12.9. The largest absolute Gasteiger partial charge is 0.471 e. The molecule has 2 fully saturated rings. The van der Waals surface area contributed by atoms with Crippen molar-refractivity contribution in [2.45, 2.75) is 63.1 Å². The molecule has 2 aliphatic rings. The summed E-state index contributed by atoms with van der Waals surface area (Å²) in [4.78, 5) is 27.0. The van der Waals surface area contributed by atoms with Crippen LogP contribution in [0.5, 0.6) is 0 Å². The third-order valence-electron chi connectivity index (χ3n) is 7.35. The van der Waals surface area contributed by atoms with E-state index in [2.05, 4.69) is 16.8 Å². The zero-order chi connectivity index (χ0) is 29.6. The monoisotopic (exact) mass is 575 g/mol. The van der Waals surface area contributed by atoms with Crippen LogP contribution in [0.25, 0.3) is 0 Å². The van der Waals surface area contributed by atoms with Gasteiger partial charge in [0.2, 0.25) is 5.91 Å². The highest BCUT2D eigenvalue weighted by atomic mass is 19.4. The SMILES string of the molecule is C=CCN(C)C[C@@H]1C[C@H](c2ccc(CO)cc2)O[C@H](c2ccc(CNC(=O)[C@@H]3CCCN3C(=O)C(F)(F)F)cc2)O1. The molecule has 2 aromatic rings. The number of halogens is 3. The molecule has 0 bridgehead atoms. The molecule has 2 saturated heterocycles. The maximum atomic E-state index is 12.9. The average Bonchev–Trinajstić information content (AvgIpc) is 3.45. The highest BCUT2D eigenvalue weighted by Gasteiger charge is 2.47. The summed E-state index contributed by atoms with van der Waals surface area (Å²) < 4.78 is 51.3. The Bertz CT molecular complexity index is 1190. The summed E-state index contributed by atoms with van der Waals surface area (Å²) in [5.41, 5.74) is 3.32. The zero-order valence-corrected chi connectivity index (χ0v) is 23.0. The van der Waals surface area contributed by atoms with Gasteiger partial charge in [0.05, 0.1) is 18.8 Å². The first-order chi connectivity index (χ1) is 19.6. The van der Waals surface area contributed by atoms with Gasteiger partial charge in [-0.25, -0.2) is 0 Å². The first kappa shape index (κ1) is 30.7. The van der Waals surface area contributed by atoms with Crippen molar-refractivity contribution in [3.63, 3.8) is 0 Å². The van der Waals surface area contributed by atoms with Gasteiger partial charge in [-0.1, -0.05) is 54.6 Å². The van der Waals surface area contributed by atoms with E-state index in [9.17, 15) is 27.9 Å². The van der Waals surface area contributed by atoms with Crippen LogP contribution >= 0.6 is 0 Å². The van der Waals surface area contributed by atoms with Crippen LogP contribution in [0.3, 0.4) is 0 Å². The molecular formula is C30H36F3N3O5. The zero-order valence-electron chi connectivity index (χ0n) is 23.0. The lowest BCUT2D eigenvalue weighted by atomic mass is 9.99. The molecule has 0 aliphatic carbocycles. The lowest BCUT2D eigenvalue weighted by Crippen LogP contribution is -2.50. The molecule has 2 heterocycles. The van der Waals surface area contributed by atoms with Gasteiger partial charge >= 0.3 is 12.1 Å². The molecule has 0 spiro atoms. The molecule has 41 heavy (non-hydrogen) atoms. The highest BCUT2D eigenvalue weighted by molar-refractivity contribution is 5.90. The van der Waals surface area contributed by atoms with Crippen molar-refractivity contribution < 1.29 is 37.3 Å². The molecule has 0 unspecified atom stereocenters. The Hall–Kier alpha value is -3.25. The predicted molar refractivity (Wildman–Crippen MR) is 145 cm³/mol. The van der Waals surface area contributed by atoms with Crippen LogP contribution < -0.4 is 5.32 Å². The minimum atomic E-state index is -5.01. The van der Waals surface area contributed by atoms with Crippen LogP contribution in [0.2, 0.25) is 0 Å². The Balaban J connectivity index is 1.41. The molecule has 2 aromatic carbocycles. The standard InChI is InChI=1S/C30H36F3N3O5/c1-3-14-35(2)18-24-16-26(22-10-8-21(19-37)9-11-22)41-28(40-24)23-12-6-20(7-13-23)17-34-27(38)25-5-4-15-36(25)29(39)30(31,32)33/h3,6-13,24-26,28,37H,1,4-5,14-19H2,2H3,(H,34,38)/t24-,25-,26+,28+/m0/s1. The van der Waals surface area contributed by atoms with Crippen LogP contribution in [0.4, 0.5) is 13.2 Å². The normalized spacial score (nSPS) is 23.0. The van der Waals surface area contributed by atoms with E-state index < -0.39 is 30.3 Å². The van der Waals surface area contributed by atoms with Gasteiger partial charge in [-0.3, -0.25) is 9.59 Å². The summed E-state index contributed by atoms with van der Waals surface area (Å²) in [6.07, 6.45) is -2.98. The number of benzene rings is 2. The summed E-state index contributed by atoms with van der Waals surface area (Å²) >= 11 is 0. The van der Waals surface area contributed by atoms with Gasteiger partial charge in [0, 0.05) is 38.2 Å². The Morgan fingerprint density at radius 1 is 1.10 bits per heavy atom. The molecule has 11 heteroatoms. The van der Waals surface area contributed by atoms with E-state index in [1.54, 1.807) is 12.1 Å². The summed E-state index contributed by atoms with van der Waals surface area (Å²) in [7, 11) is 1.99. The molecule has 8 nitrogen and oxygen atoms in total. The Labute approximate surface area is 237 Å². The number of nitrogens with zero attached hydrogens (tertiary/aromatic N) is 2. The number of amides is 2. The molecule has 0 radical (unpaired) electrons. The number of likely N-dealkylation sites (tertiary alicyclic amines) is 1. The molecule has 2 aliphatic heterocycles. The van der Waals surface area contributed by atoms with Crippen LogP contribution in [0.15, 0.2) is 61.2 Å². The molecular weight excluding hydrogens is 539 g/mol. The van der Waals surface area contributed by atoms with Crippen LogP contribution in [-0.2, 0) is 32.2 Å². The van der Waals surface area contributed by atoms with E-state index >= 15 is 0 Å². The number of likely N-dealkylation sites (N-methyl/N-ethyl adjacent to an activating group) is 1. The molecule has 4 atom stereocenters. The topological polar surface area (TPSA) is 91.3 Å². The van der Waals surface area contributed by atoms with Crippen molar-refractivity contribution in [3.8, 4) is 0 Å². The Kier molecular flexibility index (Phi) is 10.2. The van der Waals surface area contributed by atoms with Gasteiger partial charge in [-0.15, -0.1) is 6.58 Å². The second-order valence-corrected chi connectivity index (χ2v) is 10.5. The fraction of sp³-hybridized carbons (Fsp3) is 0.467. The molecule has 4 rings (SSSR count). The van der Waals surface area contributed by atoms with Gasteiger partial charge in [0.25, 0.3) is 0 Å². The quantitative estimate of drug-likeness (QED) is 0.416. The summed E-state index contributed by atoms with van der Waals surface area (Å²) in [5, 5.41) is 12.0. The van der Waals surface area contributed by atoms with Gasteiger partial charge in [0.1, 0.15) is 6.04 Å². The third kappa shape index (κ3) is 7.94. The number of nitrogens with one attached hydrogen (secondary N) is 1. The number of alkyl halides is 3. The number of ether oxygens (including phenoxy) is 2. The van der Waals surface area contributed by atoms with Crippen LogP contribution in [-0.4, -0.2) is 71.7 Å². The lowest BCUT2D eigenvalue weighted by Gasteiger charge is -2.37. The fourth-order valence-corrected chi connectivity index (χ4v) is 5.22. The van der Waals surface area contributed by atoms with Crippen molar-refractivity contribution in [2.75, 3.05) is 26.7 Å². The minimum absolute atomic E-state index is 0.0378. The van der Waals surface area contributed by atoms with Gasteiger partial charge in [0.15, 0.2) is 6.29 Å². The first-order valence-corrected chi connectivity index (χ1v) is 13.6. The number of rotatable bonds is 10. The number of hydrogen-bond donors (Lipinski definition) is 2. The second kappa shape index (κ2) is 13.6. The van der Waals surface area contributed by atoms with Crippen molar-refractivity contribution >= 4 is 11.8 Å². The molecule has 222 valence electrons. The van der Waals surface area contributed by atoms with E-state index in [1.165, 1.54) is 0 Å². The first-order valence-electron chi connectivity index (χ1n) is 13.6. The van der Waals surface area contributed by atoms with Crippen molar-refractivity contribution in [2.24, 2.45) is 0 Å². The van der Waals surface area contributed by atoms with Crippen LogP contribution in [0, 0.1) is 0 Å². The smallest absolute Gasteiger partial charge is 0.392 e. The number of carbonyl (C=O) groups is 2. The van der Waals surface area contributed by atoms with Gasteiger partial charge in [-0.05, 0) is 36.6 Å². The summed E-state index contributed by atoms with van der Waals surface area (Å²) in [6.45, 7) is 5.16. The second-order valence-electron chi connectivity index (χ2n) is 10.5. The third-order valence-corrected chi connectivity index (χ3v) is 7.35. The summed E-state index contributed by atoms with van der Waals surface area (Å²) in [6, 6.07) is 13.8. The van der Waals surface area contributed by atoms with E-state index in [-0.39, 0.29) is 38.3 Å². The van der Waals surface area contributed by atoms with Gasteiger partial charge in [-0.2, -0.15) is 13.2 Å². The molecule has 2 N–H and O–H groups in total. The Morgan fingerprint density at radius 3 is 2.39 bits per heavy atom. The number of aliphatic hydroxyl groups excluding tert-OH is 1. The van der Waals surface area contributed by atoms with E-state index in [0.717, 1.165) is 22.3 Å².